The molecule has 64 heavy (non-hydrogen) atoms. The summed E-state index contributed by atoms with van der Waals surface area (Å²) in [7, 11) is 0. The maximum absolute atomic E-state index is 2.45. The number of hydrogen-bond acceptors (Lipinski definition) is 1. The maximum atomic E-state index is 2.45. The molecule has 0 radical (unpaired) electrons. The average Bonchev–Trinajstić information content (AvgIpc) is 4.01. The van der Waals surface area contributed by atoms with Crippen molar-refractivity contribution in [3.8, 4) is 28.2 Å². The van der Waals surface area contributed by atoms with Crippen molar-refractivity contribution < 1.29 is 0 Å². The molecular weight excluding hydrogens is 777 g/mol. The van der Waals surface area contributed by atoms with Gasteiger partial charge in [0.15, 0.2) is 0 Å². The highest BCUT2D eigenvalue weighted by molar-refractivity contribution is 6.15. The number of nitrogens with zero attached hydrogens (tertiary/aromatic N) is 4. The van der Waals surface area contributed by atoms with Gasteiger partial charge in [0.1, 0.15) is 0 Å². The van der Waals surface area contributed by atoms with E-state index < -0.39 is 0 Å². The van der Waals surface area contributed by atoms with Crippen molar-refractivity contribution in [2.45, 2.75) is 0 Å². The number of fused-ring (bicyclic) bond motifs is 9. The van der Waals surface area contributed by atoms with E-state index in [4.69, 9.17) is 0 Å². The summed E-state index contributed by atoms with van der Waals surface area (Å²) in [6.45, 7) is 0. The first-order valence-corrected chi connectivity index (χ1v) is 21.9. The molecule has 4 heteroatoms. The van der Waals surface area contributed by atoms with E-state index in [2.05, 4.69) is 261 Å². The molecule has 0 fully saturated rings. The zero-order valence-corrected chi connectivity index (χ0v) is 34.9. The lowest BCUT2D eigenvalue weighted by molar-refractivity contribution is 1.16. The molecule has 13 rings (SSSR count). The molecule has 300 valence electrons. The lowest BCUT2D eigenvalue weighted by Gasteiger charge is -2.27. The van der Waals surface area contributed by atoms with E-state index in [1.54, 1.807) is 0 Å². The zero-order chi connectivity index (χ0) is 42.1. The van der Waals surface area contributed by atoms with Crippen molar-refractivity contribution in [1.82, 2.24) is 13.7 Å². The fourth-order valence-corrected chi connectivity index (χ4v) is 10.3. The van der Waals surface area contributed by atoms with Crippen LogP contribution in [0, 0.1) is 0 Å². The largest absolute Gasteiger partial charge is 0.310 e. The minimum Gasteiger partial charge on any atom is -0.310 e. The summed E-state index contributed by atoms with van der Waals surface area (Å²) in [6, 6.07) is 88.3. The molecule has 13 aromatic rings. The Morgan fingerprint density at radius 3 is 1.31 bits per heavy atom. The smallest absolute Gasteiger partial charge is 0.0619 e. The summed E-state index contributed by atoms with van der Waals surface area (Å²) in [5.41, 5.74) is 15.9. The van der Waals surface area contributed by atoms with Crippen LogP contribution in [0.15, 0.2) is 243 Å². The molecule has 0 unspecified atom stereocenters. The van der Waals surface area contributed by atoms with Crippen molar-refractivity contribution in [2.75, 3.05) is 4.90 Å². The maximum Gasteiger partial charge on any atom is 0.0619 e. The average molecular weight is 817 g/mol. The van der Waals surface area contributed by atoms with Crippen LogP contribution >= 0.6 is 0 Å². The van der Waals surface area contributed by atoms with Gasteiger partial charge in [-0.05, 0) is 103 Å². The zero-order valence-electron chi connectivity index (χ0n) is 34.9. The predicted molar refractivity (Wildman–Crippen MR) is 270 cm³/mol. The minimum atomic E-state index is 1.06. The van der Waals surface area contributed by atoms with Crippen molar-refractivity contribution in [3.05, 3.63) is 243 Å². The van der Waals surface area contributed by atoms with Gasteiger partial charge in [0.2, 0.25) is 0 Å². The predicted octanol–water partition coefficient (Wildman–Crippen LogP) is 16.1. The van der Waals surface area contributed by atoms with E-state index in [-0.39, 0.29) is 0 Å². The Morgan fingerprint density at radius 1 is 0.250 bits per heavy atom. The van der Waals surface area contributed by atoms with Gasteiger partial charge in [-0.2, -0.15) is 0 Å². The first-order chi connectivity index (χ1) is 31.8. The Hall–Kier alpha value is -8.60. The summed E-state index contributed by atoms with van der Waals surface area (Å²) < 4.78 is 7.28. The van der Waals surface area contributed by atoms with Crippen LogP contribution in [0.4, 0.5) is 17.1 Å². The van der Waals surface area contributed by atoms with Crippen LogP contribution in [0.2, 0.25) is 0 Å². The molecule has 0 saturated carbocycles. The number of aromatic nitrogens is 3. The second kappa shape index (κ2) is 14.5. The topological polar surface area (TPSA) is 18.0 Å². The number of benzene rings is 10. The van der Waals surface area contributed by atoms with Gasteiger partial charge in [-0.15, -0.1) is 0 Å². The summed E-state index contributed by atoms with van der Waals surface area (Å²) in [5, 5.41) is 7.34. The Balaban J connectivity index is 1.13. The highest BCUT2D eigenvalue weighted by Crippen LogP contribution is 2.45. The normalized spacial score (nSPS) is 11.8. The monoisotopic (exact) mass is 816 g/mol. The Kier molecular flexibility index (Phi) is 8.18. The van der Waals surface area contributed by atoms with Gasteiger partial charge < -0.3 is 18.6 Å². The van der Waals surface area contributed by atoms with Crippen molar-refractivity contribution in [3.63, 3.8) is 0 Å². The van der Waals surface area contributed by atoms with Crippen LogP contribution in [0.3, 0.4) is 0 Å². The summed E-state index contributed by atoms with van der Waals surface area (Å²) in [6.07, 6.45) is 0. The SMILES string of the molecule is c1ccc(N(c2cc(-c3cccc4c5ccccc5n(-c5ccccc5)c34)cc(-n3c4ccccc4c4ccccc43)c2)c2ccc3c(c2)c2ccccc2n3-c2ccccc2)cc1. The first kappa shape index (κ1) is 36.1. The summed E-state index contributed by atoms with van der Waals surface area (Å²) in [4.78, 5) is 2.43. The number of rotatable bonds is 7. The molecule has 0 bridgehead atoms. The second-order valence-corrected chi connectivity index (χ2v) is 16.6. The van der Waals surface area contributed by atoms with Gasteiger partial charge in [0.05, 0.1) is 33.1 Å². The number of hydrogen-bond donors (Lipinski definition) is 0. The van der Waals surface area contributed by atoms with Crippen LogP contribution in [0.1, 0.15) is 0 Å². The highest BCUT2D eigenvalue weighted by atomic mass is 15.1. The molecule has 10 aromatic carbocycles. The van der Waals surface area contributed by atoms with Crippen LogP contribution < -0.4 is 4.90 Å². The molecule has 0 N–H and O–H groups in total. The van der Waals surface area contributed by atoms with Gasteiger partial charge in [-0.25, -0.2) is 0 Å². The van der Waals surface area contributed by atoms with E-state index in [0.29, 0.717) is 0 Å². The standard InChI is InChI=1S/C60H40N4/c1-4-19-42(20-5-1)61(45-35-36-59-54(40-45)52-28-13-16-33-57(52)62(59)43-21-6-2-7-22-43)46-37-41(38-47(39-46)63-55-31-14-10-25-49(55)50-26-11-15-32-56(50)63)48-29-18-30-53-51-27-12-17-34-58(51)64(60(48)53)44-23-8-3-9-24-44/h1-40H. The van der Waals surface area contributed by atoms with Crippen LogP contribution in [-0.2, 0) is 0 Å². The summed E-state index contributed by atoms with van der Waals surface area (Å²) in [5.74, 6) is 0. The molecule has 0 atom stereocenters. The Bertz CT molecular complexity index is 3840. The third kappa shape index (κ3) is 5.56. The Labute approximate surface area is 370 Å². The van der Waals surface area contributed by atoms with Crippen molar-refractivity contribution >= 4 is 82.5 Å². The highest BCUT2D eigenvalue weighted by Gasteiger charge is 2.22. The van der Waals surface area contributed by atoms with Crippen LogP contribution in [0.5, 0.6) is 0 Å². The molecule has 0 spiro atoms. The number of anilines is 3. The molecule has 0 saturated heterocycles. The molecule has 4 nitrogen and oxygen atoms in total. The van der Waals surface area contributed by atoms with Gasteiger partial charge in [-0.3, -0.25) is 0 Å². The molecule has 0 aliphatic heterocycles. The van der Waals surface area contributed by atoms with Gasteiger partial charge in [0.25, 0.3) is 0 Å². The Morgan fingerprint density at radius 2 is 0.703 bits per heavy atom. The van der Waals surface area contributed by atoms with E-state index in [1.807, 2.05) is 0 Å². The van der Waals surface area contributed by atoms with Crippen molar-refractivity contribution in [1.29, 1.82) is 0 Å². The van der Waals surface area contributed by atoms with Crippen LogP contribution in [-0.4, -0.2) is 13.7 Å². The lowest BCUT2D eigenvalue weighted by Crippen LogP contribution is -2.11. The molecule has 3 aromatic heterocycles. The van der Waals surface area contributed by atoms with E-state index >= 15 is 0 Å². The van der Waals surface area contributed by atoms with Crippen LogP contribution in [0.25, 0.3) is 93.6 Å². The quantitative estimate of drug-likeness (QED) is 0.157. The van der Waals surface area contributed by atoms with E-state index in [1.165, 1.54) is 65.4 Å². The van der Waals surface area contributed by atoms with Crippen molar-refractivity contribution in [2.24, 2.45) is 0 Å². The lowest BCUT2D eigenvalue weighted by atomic mass is 9.99. The van der Waals surface area contributed by atoms with Gasteiger partial charge in [-0.1, -0.05) is 146 Å². The molecule has 0 aliphatic rings. The third-order valence-corrected chi connectivity index (χ3v) is 13.0. The first-order valence-electron chi connectivity index (χ1n) is 21.9. The molecule has 0 amide bonds. The van der Waals surface area contributed by atoms with E-state index in [9.17, 15) is 0 Å². The molecule has 3 heterocycles. The minimum absolute atomic E-state index is 1.06. The fraction of sp³-hybridized carbons (Fsp3) is 0. The second-order valence-electron chi connectivity index (χ2n) is 16.6. The van der Waals surface area contributed by atoms with Gasteiger partial charge >= 0.3 is 0 Å². The fourth-order valence-electron chi connectivity index (χ4n) is 10.3. The summed E-state index contributed by atoms with van der Waals surface area (Å²) >= 11 is 0. The van der Waals surface area contributed by atoms with E-state index in [0.717, 1.165) is 45.3 Å². The molecular formula is C60H40N4. The number of para-hydroxylation sites is 8. The van der Waals surface area contributed by atoms with Gasteiger partial charge in [0, 0.05) is 72.0 Å². The molecule has 0 aliphatic carbocycles. The third-order valence-electron chi connectivity index (χ3n) is 13.0.